The zero-order valence-corrected chi connectivity index (χ0v) is 11.8. The Morgan fingerprint density at radius 2 is 2.10 bits per heavy atom. The summed E-state index contributed by atoms with van der Waals surface area (Å²) in [5, 5.41) is 12.4. The quantitative estimate of drug-likeness (QED) is 0.771. The number of carbonyl (C=O) groups is 2. The molecule has 2 N–H and O–H groups in total. The summed E-state index contributed by atoms with van der Waals surface area (Å²) < 4.78 is 5.63. The number of hydrogen-bond acceptors (Lipinski definition) is 5. The topological polar surface area (TPSA) is 96.1 Å². The van der Waals surface area contributed by atoms with E-state index in [9.17, 15) is 9.59 Å². The van der Waals surface area contributed by atoms with Gasteiger partial charge in [0.05, 0.1) is 0 Å². The number of rotatable bonds is 5. The van der Waals surface area contributed by atoms with Gasteiger partial charge < -0.3 is 10.4 Å². The molecule has 8 heteroatoms. The van der Waals surface area contributed by atoms with Gasteiger partial charge in [0.15, 0.2) is 12.4 Å². The first-order valence-corrected chi connectivity index (χ1v) is 7.17. The van der Waals surface area contributed by atoms with Gasteiger partial charge in [0.25, 0.3) is 5.91 Å². The first-order chi connectivity index (χ1) is 10.1. The summed E-state index contributed by atoms with van der Waals surface area (Å²) in [5.41, 5.74) is -0.109. The maximum Gasteiger partial charge on any atom is 0.329 e. The van der Waals surface area contributed by atoms with Crippen LogP contribution in [-0.4, -0.2) is 31.9 Å². The van der Waals surface area contributed by atoms with Crippen molar-refractivity contribution in [3.63, 3.8) is 0 Å². The Bertz CT molecular complexity index is 665. The lowest BCUT2D eigenvalue weighted by atomic mass is 10.2. The highest BCUT2D eigenvalue weighted by atomic mass is 32.1. The molecule has 21 heavy (non-hydrogen) atoms. The zero-order valence-electron chi connectivity index (χ0n) is 11.0. The number of aromatic nitrogens is 3. The minimum atomic E-state index is -1.04. The Balaban J connectivity index is 1.63. The number of carboxylic acids is 1. The second-order valence-corrected chi connectivity index (χ2v) is 5.72. The van der Waals surface area contributed by atoms with E-state index < -0.39 is 11.5 Å². The van der Waals surface area contributed by atoms with Gasteiger partial charge in [-0.15, -0.1) is 0 Å². The molecule has 0 spiro atoms. The van der Waals surface area contributed by atoms with E-state index in [1.807, 2.05) is 12.1 Å². The molecule has 1 saturated carbocycles. The van der Waals surface area contributed by atoms with Crippen molar-refractivity contribution in [2.75, 3.05) is 0 Å². The third-order valence-corrected chi connectivity index (χ3v) is 4.08. The Morgan fingerprint density at radius 3 is 2.62 bits per heavy atom. The summed E-state index contributed by atoms with van der Waals surface area (Å²) in [7, 11) is 0. The van der Waals surface area contributed by atoms with Gasteiger partial charge in [0.2, 0.25) is 6.54 Å². The smallest absolute Gasteiger partial charge is 0.329 e. The van der Waals surface area contributed by atoms with Crippen LogP contribution in [0, 0.1) is 0 Å². The number of nitrogens with one attached hydrogen (secondary N) is 1. The van der Waals surface area contributed by atoms with Crippen LogP contribution >= 0.6 is 11.5 Å². The van der Waals surface area contributed by atoms with Gasteiger partial charge >= 0.3 is 5.97 Å². The number of pyridine rings is 1. The van der Waals surface area contributed by atoms with E-state index >= 15 is 0 Å². The monoisotopic (exact) mass is 305 g/mol. The van der Waals surface area contributed by atoms with Crippen molar-refractivity contribution < 1.29 is 19.3 Å². The molecule has 0 bridgehead atoms. The highest BCUT2D eigenvalue weighted by Crippen LogP contribution is 2.35. The van der Waals surface area contributed by atoms with Crippen LogP contribution in [-0.2, 0) is 16.1 Å². The molecule has 0 unspecified atom stereocenters. The summed E-state index contributed by atoms with van der Waals surface area (Å²) in [4.78, 5) is 27.0. The molecule has 2 aromatic heterocycles. The summed E-state index contributed by atoms with van der Waals surface area (Å²) >= 11 is 1.30. The fourth-order valence-corrected chi connectivity index (χ4v) is 2.53. The van der Waals surface area contributed by atoms with E-state index in [-0.39, 0.29) is 12.5 Å². The second-order valence-electron chi connectivity index (χ2n) is 4.94. The molecule has 2 heterocycles. The number of nitrogens with zero attached hydrogens (tertiary/aromatic N) is 3. The summed E-state index contributed by atoms with van der Waals surface area (Å²) in [6.45, 7) is 0.0887. The number of aliphatic carboxylic acids is 1. The summed E-state index contributed by atoms with van der Waals surface area (Å²) in [6.07, 6.45) is 6.01. The van der Waals surface area contributed by atoms with Crippen molar-refractivity contribution in [2.24, 2.45) is 0 Å². The minimum Gasteiger partial charge on any atom is -0.480 e. The molecule has 0 aliphatic heterocycles. The molecule has 1 aliphatic rings. The first-order valence-electron chi connectivity index (χ1n) is 6.40. The molecule has 1 amide bonds. The lowest BCUT2D eigenvalue weighted by Crippen LogP contribution is -2.49. The Kier molecular flexibility index (Phi) is 3.38. The van der Waals surface area contributed by atoms with Crippen LogP contribution in [0.3, 0.4) is 0 Å². The molecule has 0 atom stereocenters. The zero-order chi connectivity index (χ0) is 14.9. The number of hydrogen-bond donors (Lipinski definition) is 2. The Labute approximate surface area is 124 Å². The van der Waals surface area contributed by atoms with Crippen molar-refractivity contribution in [3.8, 4) is 10.6 Å². The van der Waals surface area contributed by atoms with Gasteiger partial charge in [-0.05, 0) is 24.4 Å². The van der Waals surface area contributed by atoms with Crippen molar-refractivity contribution in [3.05, 3.63) is 30.9 Å². The maximum atomic E-state index is 11.9. The second kappa shape index (κ2) is 5.21. The molecular formula is C13H13N4O3S+. The first kappa shape index (κ1) is 13.6. The lowest BCUT2D eigenvalue weighted by molar-refractivity contribution is -0.684. The SMILES string of the molecule is O=C(C[n+]1ccc(-c2ncns2)cc1)NC1(C(=O)O)CC1. The van der Waals surface area contributed by atoms with E-state index in [2.05, 4.69) is 14.7 Å². The number of amides is 1. The number of carboxylic acid groups (broad SMARTS) is 1. The molecular weight excluding hydrogens is 292 g/mol. The largest absolute Gasteiger partial charge is 0.480 e. The number of carbonyl (C=O) groups excluding carboxylic acids is 1. The normalized spacial score (nSPS) is 15.4. The van der Waals surface area contributed by atoms with Crippen molar-refractivity contribution >= 4 is 23.4 Å². The molecule has 7 nitrogen and oxygen atoms in total. The highest BCUT2D eigenvalue weighted by Gasteiger charge is 2.51. The minimum absolute atomic E-state index is 0.0887. The van der Waals surface area contributed by atoms with Crippen LogP contribution < -0.4 is 9.88 Å². The Morgan fingerprint density at radius 1 is 1.38 bits per heavy atom. The molecule has 2 aromatic rings. The van der Waals surface area contributed by atoms with Crippen molar-refractivity contribution in [2.45, 2.75) is 24.9 Å². The van der Waals surface area contributed by atoms with Gasteiger partial charge in [-0.3, -0.25) is 4.79 Å². The predicted octanol–water partition coefficient (Wildman–Crippen LogP) is 0.226. The van der Waals surface area contributed by atoms with Gasteiger partial charge in [-0.25, -0.2) is 9.78 Å². The van der Waals surface area contributed by atoms with Crippen LogP contribution in [0.4, 0.5) is 0 Å². The highest BCUT2D eigenvalue weighted by molar-refractivity contribution is 7.09. The van der Waals surface area contributed by atoms with E-state index in [0.717, 1.165) is 10.6 Å². The molecule has 0 saturated heterocycles. The van der Waals surface area contributed by atoms with Gasteiger partial charge in [-0.2, -0.15) is 8.94 Å². The fourth-order valence-electron chi connectivity index (χ4n) is 2.00. The average Bonchev–Trinajstić information content (AvgIpc) is 3.03. The molecule has 0 aromatic carbocycles. The molecule has 0 radical (unpaired) electrons. The van der Waals surface area contributed by atoms with Crippen LogP contribution in [0.2, 0.25) is 0 Å². The summed E-state index contributed by atoms with van der Waals surface area (Å²) in [6, 6.07) is 3.69. The van der Waals surface area contributed by atoms with E-state index in [0.29, 0.717) is 12.8 Å². The fraction of sp³-hybridized carbons (Fsp3) is 0.308. The van der Waals surface area contributed by atoms with Gasteiger partial charge in [0.1, 0.15) is 16.9 Å². The summed E-state index contributed by atoms with van der Waals surface area (Å²) in [5.74, 6) is -1.27. The van der Waals surface area contributed by atoms with Crippen molar-refractivity contribution in [1.82, 2.24) is 14.7 Å². The van der Waals surface area contributed by atoms with Gasteiger partial charge in [0, 0.05) is 17.7 Å². The maximum absolute atomic E-state index is 11.9. The van der Waals surface area contributed by atoms with E-state index in [1.54, 1.807) is 17.0 Å². The third kappa shape index (κ3) is 2.89. The Hall–Kier alpha value is -2.35. The third-order valence-electron chi connectivity index (χ3n) is 3.36. The average molecular weight is 305 g/mol. The van der Waals surface area contributed by atoms with Crippen LogP contribution in [0.1, 0.15) is 12.8 Å². The van der Waals surface area contributed by atoms with Crippen molar-refractivity contribution in [1.29, 1.82) is 0 Å². The lowest BCUT2D eigenvalue weighted by Gasteiger charge is -2.10. The molecule has 1 aliphatic carbocycles. The molecule has 108 valence electrons. The molecule has 1 fully saturated rings. The van der Waals surface area contributed by atoms with E-state index in [1.165, 1.54) is 17.9 Å². The molecule has 3 rings (SSSR count). The van der Waals surface area contributed by atoms with Gasteiger partial charge in [-0.1, -0.05) is 0 Å². The van der Waals surface area contributed by atoms with Crippen LogP contribution in [0.25, 0.3) is 10.6 Å². The van der Waals surface area contributed by atoms with Crippen LogP contribution in [0.5, 0.6) is 0 Å². The van der Waals surface area contributed by atoms with Crippen LogP contribution in [0.15, 0.2) is 30.9 Å². The standard InChI is InChI=1S/C13H12N4O3S/c18-10(16-13(3-4-13)12(19)20)7-17-5-1-9(2-6-17)11-14-8-15-21-11/h1-2,5-6,8H,3-4,7H2,(H-,16,18,19,20)/p+1. The predicted molar refractivity (Wildman–Crippen MR) is 73.3 cm³/mol. The van der Waals surface area contributed by atoms with E-state index in [4.69, 9.17) is 5.11 Å².